The molecule has 0 radical (unpaired) electrons. The lowest BCUT2D eigenvalue weighted by molar-refractivity contribution is 0.576. The van der Waals surface area contributed by atoms with Crippen molar-refractivity contribution < 1.29 is 16.8 Å². The molecule has 1 aromatic carbocycles. The summed E-state index contributed by atoms with van der Waals surface area (Å²) in [6.07, 6.45) is 1.39. The van der Waals surface area contributed by atoms with E-state index in [1.165, 1.54) is 0 Å². The van der Waals surface area contributed by atoms with Gasteiger partial charge >= 0.3 is 0 Å². The van der Waals surface area contributed by atoms with Crippen LogP contribution in [0.2, 0.25) is 0 Å². The number of nitrogens with one attached hydrogen (secondary N) is 2. The molecule has 0 amide bonds. The molecule has 6 nitrogen and oxygen atoms in total. The van der Waals surface area contributed by atoms with E-state index in [2.05, 4.69) is 10.0 Å². The van der Waals surface area contributed by atoms with Crippen LogP contribution in [-0.2, 0) is 19.9 Å². The van der Waals surface area contributed by atoms with Crippen molar-refractivity contribution in [2.24, 2.45) is 0 Å². The molecule has 2 N–H and O–H groups in total. The van der Waals surface area contributed by atoms with Crippen LogP contribution in [0.25, 0.3) is 0 Å². The molecule has 0 spiro atoms. The van der Waals surface area contributed by atoms with Gasteiger partial charge in [0.05, 0.1) is 10.6 Å². The second-order valence-electron chi connectivity index (χ2n) is 5.07. The summed E-state index contributed by atoms with van der Waals surface area (Å²) in [6.45, 7) is 3.57. The molecular formula is C13H22N2O4S2. The Morgan fingerprint density at radius 3 is 2.00 bits per heavy atom. The van der Waals surface area contributed by atoms with E-state index in [1.807, 2.05) is 0 Å². The van der Waals surface area contributed by atoms with Gasteiger partial charge in [-0.05, 0) is 43.5 Å². The Hall–Kier alpha value is -1.12. The van der Waals surface area contributed by atoms with Gasteiger partial charge in [-0.25, -0.2) is 21.6 Å². The maximum absolute atomic E-state index is 12.3. The average molecular weight is 334 g/mol. The normalized spacial score (nSPS) is 12.4. The number of hydrogen-bond donors (Lipinski definition) is 2. The summed E-state index contributed by atoms with van der Waals surface area (Å²) in [5.41, 5.74) is 2.14. The lowest BCUT2D eigenvalue weighted by atomic mass is 10.1. The molecule has 0 aromatic heterocycles. The van der Waals surface area contributed by atoms with Gasteiger partial charge in [-0.15, -0.1) is 0 Å². The number of hydrogen-bond acceptors (Lipinski definition) is 5. The molecule has 0 atom stereocenters. The quantitative estimate of drug-likeness (QED) is 0.727. The van der Waals surface area contributed by atoms with Crippen LogP contribution in [0.4, 0.5) is 5.69 Å². The summed E-state index contributed by atoms with van der Waals surface area (Å²) in [4.78, 5) is 0.251. The molecular weight excluding hydrogens is 312 g/mol. The fraction of sp³-hybridized carbons (Fsp3) is 0.538. The maximum Gasteiger partial charge on any atom is 0.241 e. The van der Waals surface area contributed by atoms with Crippen molar-refractivity contribution in [3.8, 4) is 0 Å². The van der Waals surface area contributed by atoms with E-state index in [9.17, 15) is 16.8 Å². The number of sulfonamides is 1. The number of aryl methyl sites for hydroxylation is 2. The van der Waals surface area contributed by atoms with Gasteiger partial charge in [-0.2, -0.15) is 0 Å². The van der Waals surface area contributed by atoms with Gasteiger partial charge < -0.3 is 5.32 Å². The number of anilines is 1. The molecule has 120 valence electrons. The molecule has 1 rings (SSSR count). The SMILES string of the molecule is CNc1cc(C)c(S(=O)(=O)NCCCS(C)(=O)=O)c(C)c1. The molecule has 0 saturated heterocycles. The Labute approximate surface area is 126 Å². The zero-order chi connectivity index (χ0) is 16.3. The maximum atomic E-state index is 12.3. The molecule has 8 heteroatoms. The molecule has 0 heterocycles. The van der Waals surface area contributed by atoms with Crippen molar-refractivity contribution in [2.45, 2.75) is 25.2 Å². The van der Waals surface area contributed by atoms with Crippen molar-refractivity contribution in [3.05, 3.63) is 23.3 Å². The van der Waals surface area contributed by atoms with Gasteiger partial charge in [0.25, 0.3) is 0 Å². The van der Waals surface area contributed by atoms with Crippen LogP contribution in [0.15, 0.2) is 17.0 Å². The number of benzene rings is 1. The first-order chi connectivity index (χ1) is 9.57. The smallest absolute Gasteiger partial charge is 0.241 e. The topological polar surface area (TPSA) is 92.3 Å². The Kier molecular flexibility index (Phi) is 5.77. The zero-order valence-electron chi connectivity index (χ0n) is 12.7. The Balaban J connectivity index is 2.89. The lowest BCUT2D eigenvalue weighted by Gasteiger charge is -2.14. The van der Waals surface area contributed by atoms with Crippen LogP contribution in [0.5, 0.6) is 0 Å². The summed E-state index contributed by atoms with van der Waals surface area (Å²) in [5, 5.41) is 2.97. The van der Waals surface area contributed by atoms with Gasteiger partial charge in [0.2, 0.25) is 10.0 Å². The van der Waals surface area contributed by atoms with Crippen LogP contribution in [0.3, 0.4) is 0 Å². The van der Waals surface area contributed by atoms with E-state index < -0.39 is 19.9 Å². The third-order valence-corrected chi connectivity index (χ3v) is 5.80. The van der Waals surface area contributed by atoms with E-state index in [4.69, 9.17) is 0 Å². The second kappa shape index (κ2) is 6.76. The molecule has 0 aliphatic heterocycles. The van der Waals surface area contributed by atoms with Crippen LogP contribution in [0, 0.1) is 13.8 Å². The van der Waals surface area contributed by atoms with Gasteiger partial charge in [0.1, 0.15) is 9.84 Å². The third-order valence-electron chi connectivity index (χ3n) is 3.00. The summed E-state index contributed by atoms with van der Waals surface area (Å²) >= 11 is 0. The standard InChI is InChI=1S/C13H22N2O4S2/c1-10-8-12(14-3)9-11(2)13(10)21(18,19)15-6-5-7-20(4,16)17/h8-9,14-15H,5-7H2,1-4H3. The third kappa shape index (κ3) is 5.29. The summed E-state index contributed by atoms with van der Waals surface area (Å²) < 4.78 is 49.1. The van der Waals surface area contributed by atoms with Gasteiger partial charge in [0.15, 0.2) is 0 Å². The van der Waals surface area contributed by atoms with Crippen molar-refractivity contribution >= 4 is 25.5 Å². The largest absolute Gasteiger partial charge is 0.388 e. The van der Waals surface area contributed by atoms with E-state index in [0.29, 0.717) is 11.1 Å². The van der Waals surface area contributed by atoms with Crippen molar-refractivity contribution in [3.63, 3.8) is 0 Å². The highest BCUT2D eigenvalue weighted by Gasteiger charge is 2.19. The number of sulfone groups is 1. The second-order valence-corrected chi connectivity index (χ2v) is 9.03. The average Bonchev–Trinajstić information content (AvgIpc) is 2.32. The molecule has 0 saturated carbocycles. The first-order valence-corrected chi connectivity index (χ1v) is 10.1. The fourth-order valence-electron chi connectivity index (χ4n) is 2.13. The first-order valence-electron chi connectivity index (χ1n) is 6.53. The molecule has 0 aliphatic carbocycles. The molecule has 0 unspecified atom stereocenters. The van der Waals surface area contributed by atoms with E-state index in [1.54, 1.807) is 33.0 Å². The number of rotatable bonds is 7. The monoisotopic (exact) mass is 334 g/mol. The van der Waals surface area contributed by atoms with Crippen molar-refractivity contribution in [1.29, 1.82) is 0 Å². The van der Waals surface area contributed by atoms with Crippen molar-refractivity contribution in [1.82, 2.24) is 4.72 Å². The minimum absolute atomic E-state index is 0.0355. The first kappa shape index (κ1) is 17.9. The van der Waals surface area contributed by atoms with Crippen molar-refractivity contribution in [2.75, 3.05) is 30.9 Å². The lowest BCUT2D eigenvalue weighted by Crippen LogP contribution is -2.27. The predicted octanol–water partition coefficient (Wildman–Crippen LogP) is 1.06. The highest BCUT2D eigenvalue weighted by Crippen LogP contribution is 2.24. The summed E-state index contributed by atoms with van der Waals surface area (Å²) in [7, 11) is -4.94. The summed E-state index contributed by atoms with van der Waals surface area (Å²) in [5.74, 6) is -0.0355. The minimum Gasteiger partial charge on any atom is -0.388 e. The molecule has 1 aromatic rings. The Morgan fingerprint density at radius 2 is 1.57 bits per heavy atom. The van der Waals surface area contributed by atoms with Gasteiger partial charge in [0, 0.05) is 25.5 Å². The Morgan fingerprint density at radius 1 is 1.05 bits per heavy atom. The van der Waals surface area contributed by atoms with Crippen LogP contribution >= 0.6 is 0 Å². The van der Waals surface area contributed by atoms with E-state index >= 15 is 0 Å². The van der Waals surface area contributed by atoms with Crippen LogP contribution < -0.4 is 10.0 Å². The predicted molar refractivity (Wildman–Crippen MR) is 85.0 cm³/mol. The zero-order valence-corrected chi connectivity index (χ0v) is 14.4. The van der Waals surface area contributed by atoms with Gasteiger partial charge in [-0.3, -0.25) is 0 Å². The fourth-order valence-corrected chi connectivity index (χ4v) is 4.32. The van der Waals surface area contributed by atoms with Crippen LogP contribution in [-0.4, -0.2) is 42.4 Å². The van der Waals surface area contributed by atoms with Gasteiger partial charge in [-0.1, -0.05) is 0 Å². The van der Waals surface area contributed by atoms with E-state index in [-0.39, 0.29) is 23.6 Å². The minimum atomic E-state index is -3.64. The Bertz CT molecular complexity index is 687. The van der Waals surface area contributed by atoms with E-state index in [0.717, 1.165) is 11.9 Å². The molecule has 0 aliphatic rings. The molecule has 21 heavy (non-hydrogen) atoms. The molecule has 0 bridgehead atoms. The van der Waals surface area contributed by atoms with Crippen LogP contribution in [0.1, 0.15) is 17.5 Å². The summed E-state index contributed by atoms with van der Waals surface area (Å²) in [6, 6.07) is 3.52. The highest BCUT2D eigenvalue weighted by molar-refractivity contribution is 7.90. The highest BCUT2D eigenvalue weighted by atomic mass is 32.2. The molecule has 0 fully saturated rings.